The molecule has 1 aliphatic heterocycles. The molecule has 7 nitrogen and oxygen atoms in total. The highest BCUT2D eigenvalue weighted by molar-refractivity contribution is 7.87. The number of hydrogen-bond acceptors (Lipinski definition) is 4. The molecule has 8 heteroatoms. The second-order valence-corrected chi connectivity index (χ2v) is 7.36. The molecule has 0 aliphatic carbocycles. The minimum Gasteiger partial charge on any atom is -0.356 e. The van der Waals surface area contributed by atoms with Crippen LogP contribution in [0.2, 0.25) is 0 Å². The van der Waals surface area contributed by atoms with Gasteiger partial charge in [-0.15, -0.1) is 0 Å². The molecule has 0 radical (unpaired) electrons. The van der Waals surface area contributed by atoms with Gasteiger partial charge in [0.15, 0.2) is 0 Å². The summed E-state index contributed by atoms with van der Waals surface area (Å²) in [4.78, 5) is 6.72. The van der Waals surface area contributed by atoms with E-state index in [0.29, 0.717) is 12.5 Å². The Morgan fingerprint density at radius 3 is 2.77 bits per heavy atom. The van der Waals surface area contributed by atoms with E-state index in [1.165, 1.54) is 11.1 Å². The minimum absolute atomic E-state index is 0.392. The summed E-state index contributed by atoms with van der Waals surface area (Å²) in [7, 11) is -3.58. The largest absolute Gasteiger partial charge is 0.356 e. The monoisotopic (exact) mass is 323 g/mol. The zero-order chi connectivity index (χ0) is 15.9. The van der Waals surface area contributed by atoms with Crippen molar-refractivity contribution in [1.29, 1.82) is 0 Å². The van der Waals surface area contributed by atoms with Crippen LogP contribution in [-0.4, -0.2) is 37.4 Å². The molecule has 0 spiro atoms. The first-order valence-electron chi connectivity index (χ1n) is 7.30. The van der Waals surface area contributed by atoms with Gasteiger partial charge in [-0.2, -0.15) is 8.42 Å². The zero-order valence-electron chi connectivity index (χ0n) is 12.8. The Labute approximate surface area is 130 Å². The third kappa shape index (κ3) is 3.08. The van der Waals surface area contributed by atoms with Crippen LogP contribution in [0.1, 0.15) is 17.5 Å². The molecule has 0 unspecified atom stereocenters. The first kappa shape index (κ1) is 15.3. The zero-order valence-corrected chi connectivity index (χ0v) is 13.6. The lowest BCUT2D eigenvalue weighted by molar-refractivity contribution is 0.381. The van der Waals surface area contributed by atoms with Crippen LogP contribution in [-0.2, 0) is 10.2 Å². The van der Waals surface area contributed by atoms with Crippen LogP contribution in [0.3, 0.4) is 0 Å². The number of aromatic nitrogens is 2. The number of nitrogens with two attached hydrogens (primary N) is 1. The maximum Gasteiger partial charge on any atom is 0.274 e. The summed E-state index contributed by atoms with van der Waals surface area (Å²) in [5, 5.41) is 4.91. The molecule has 1 saturated heterocycles. The number of nitrogens with zero attached hydrogens (tertiary/aromatic N) is 3. The van der Waals surface area contributed by atoms with Crippen molar-refractivity contribution in [2.75, 3.05) is 24.5 Å². The number of aryl methyl sites for hydroxylation is 2. The van der Waals surface area contributed by atoms with Crippen molar-refractivity contribution in [3.05, 3.63) is 29.6 Å². The molecule has 22 heavy (non-hydrogen) atoms. The van der Waals surface area contributed by atoms with Gasteiger partial charge < -0.3 is 4.90 Å². The lowest BCUT2D eigenvalue weighted by Crippen LogP contribution is -2.48. The Bertz CT molecular complexity index is 793. The van der Waals surface area contributed by atoms with E-state index in [0.717, 1.165) is 31.0 Å². The maximum absolute atomic E-state index is 10.8. The maximum atomic E-state index is 10.8. The summed E-state index contributed by atoms with van der Waals surface area (Å²) in [5.41, 5.74) is 3.43. The molecule has 0 saturated carbocycles. The summed E-state index contributed by atoms with van der Waals surface area (Å²) in [6.45, 7) is 6.39. The molecule has 120 valence electrons. The number of rotatable bonds is 5. The topological polar surface area (TPSA) is 92.7 Å². The Morgan fingerprint density at radius 2 is 2.09 bits per heavy atom. The molecule has 0 bridgehead atoms. The van der Waals surface area contributed by atoms with E-state index in [2.05, 4.69) is 45.1 Å². The van der Waals surface area contributed by atoms with Crippen LogP contribution in [0.15, 0.2) is 18.5 Å². The van der Waals surface area contributed by atoms with Crippen LogP contribution < -0.4 is 14.8 Å². The first-order chi connectivity index (χ1) is 10.3. The molecule has 3 heterocycles. The molecular weight excluding hydrogens is 302 g/mol. The first-order valence-corrected chi connectivity index (χ1v) is 8.85. The average molecular weight is 323 g/mol. The van der Waals surface area contributed by atoms with Crippen LogP contribution in [0.5, 0.6) is 0 Å². The number of fused-ring (bicyclic) bond motifs is 1. The molecule has 0 atom stereocenters. The summed E-state index contributed by atoms with van der Waals surface area (Å²) < 4.78 is 26.1. The summed E-state index contributed by atoms with van der Waals surface area (Å²) in [6.07, 6.45) is 4.80. The van der Waals surface area contributed by atoms with Gasteiger partial charge in [0.1, 0.15) is 11.5 Å². The molecule has 1 fully saturated rings. The van der Waals surface area contributed by atoms with E-state index >= 15 is 0 Å². The number of hydrogen-bond donors (Lipinski definition) is 2. The molecule has 2 aromatic rings. The van der Waals surface area contributed by atoms with Crippen LogP contribution in [0, 0.1) is 19.8 Å². The fourth-order valence-electron chi connectivity index (χ4n) is 2.79. The minimum atomic E-state index is -3.58. The van der Waals surface area contributed by atoms with Crippen molar-refractivity contribution >= 4 is 21.7 Å². The van der Waals surface area contributed by atoms with E-state index in [1.807, 2.05) is 6.20 Å². The predicted molar refractivity (Wildman–Crippen MR) is 86.1 cm³/mol. The van der Waals surface area contributed by atoms with Crippen molar-refractivity contribution in [1.82, 2.24) is 14.1 Å². The Kier molecular flexibility index (Phi) is 3.84. The third-order valence-electron chi connectivity index (χ3n) is 4.23. The van der Waals surface area contributed by atoms with Crippen molar-refractivity contribution in [2.24, 2.45) is 11.1 Å². The van der Waals surface area contributed by atoms with Crippen molar-refractivity contribution < 1.29 is 8.42 Å². The average Bonchev–Trinajstić information content (AvgIpc) is 2.74. The van der Waals surface area contributed by atoms with E-state index in [-0.39, 0.29) is 0 Å². The van der Waals surface area contributed by atoms with Crippen molar-refractivity contribution in [2.45, 2.75) is 20.3 Å². The molecule has 3 N–H and O–H groups in total. The number of nitrogens with one attached hydrogen (secondary N) is 1. The van der Waals surface area contributed by atoms with Crippen molar-refractivity contribution in [3.8, 4) is 0 Å². The van der Waals surface area contributed by atoms with Gasteiger partial charge in [0, 0.05) is 25.8 Å². The predicted octanol–water partition coefficient (Wildman–Crippen LogP) is 0.571. The second-order valence-electron chi connectivity index (χ2n) is 5.98. The number of pyridine rings is 1. The van der Waals surface area contributed by atoms with Gasteiger partial charge in [-0.3, -0.25) is 4.40 Å². The second kappa shape index (κ2) is 5.53. The molecule has 0 amide bonds. The van der Waals surface area contributed by atoms with E-state index < -0.39 is 10.2 Å². The van der Waals surface area contributed by atoms with Gasteiger partial charge in [0.05, 0.1) is 6.20 Å². The summed E-state index contributed by atoms with van der Waals surface area (Å²) in [6, 6.07) is 2.09. The summed E-state index contributed by atoms with van der Waals surface area (Å²) >= 11 is 0. The molecule has 1 aliphatic rings. The van der Waals surface area contributed by atoms with E-state index in [1.54, 1.807) is 0 Å². The highest BCUT2D eigenvalue weighted by Crippen LogP contribution is 2.27. The smallest absolute Gasteiger partial charge is 0.274 e. The molecule has 3 rings (SSSR count). The van der Waals surface area contributed by atoms with Gasteiger partial charge >= 0.3 is 0 Å². The lowest BCUT2D eigenvalue weighted by atomic mass is 9.97. The number of anilines is 1. The normalized spacial score (nSPS) is 16.2. The van der Waals surface area contributed by atoms with Gasteiger partial charge in [0.25, 0.3) is 10.2 Å². The van der Waals surface area contributed by atoms with Gasteiger partial charge in [0.2, 0.25) is 0 Å². The molecular formula is C14H21N5O2S. The standard InChI is InChI=1S/C14H21N5O2S/c1-10-5-13-16-6-14(19(13)7-11(10)2)18-8-12(9-18)3-4-17-22(15,20)21/h5-7,12,17H,3-4,8-9H2,1-2H3,(H2,15,20,21). The van der Waals surface area contributed by atoms with E-state index in [4.69, 9.17) is 5.14 Å². The Morgan fingerprint density at radius 1 is 1.36 bits per heavy atom. The molecule has 2 aromatic heterocycles. The number of imidazole rings is 1. The lowest BCUT2D eigenvalue weighted by Gasteiger charge is -2.40. The Balaban J connectivity index is 1.62. The van der Waals surface area contributed by atoms with E-state index in [9.17, 15) is 8.42 Å². The Hall–Kier alpha value is -1.64. The van der Waals surface area contributed by atoms with Crippen LogP contribution in [0.4, 0.5) is 5.82 Å². The fraction of sp³-hybridized carbons (Fsp3) is 0.500. The van der Waals surface area contributed by atoms with Gasteiger partial charge in [-0.05, 0) is 43.4 Å². The van der Waals surface area contributed by atoms with Crippen LogP contribution >= 0.6 is 0 Å². The molecule has 0 aromatic carbocycles. The van der Waals surface area contributed by atoms with Crippen molar-refractivity contribution in [3.63, 3.8) is 0 Å². The SMILES string of the molecule is Cc1cc2ncc(N3CC(CCNS(N)(=O)=O)C3)n2cc1C. The quantitative estimate of drug-likeness (QED) is 0.841. The highest BCUT2D eigenvalue weighted by Gasteiger charge is 2.28. The van der Waals surface area contributed by atoms with Gasteiger partial charge in [-0.25, -0.2) is 14.8 Å². The summed E-state index contributed by atoms with van der Waals surface area (Å²) in [5.74, 6) is 1.57. The van der Waals surface area contributed by atoms with Gasteiger partial charge in [-0.1, -0.05) is 0 Å². The van der Waals surface area contributed by atoms with Crippen LogP contribution in [0.25, 0.3) is 5.65 Å². The highest BCUT2D eigenvalue weighted by atomic mass is 32.2. The third-order valence-corrected chi connectivity index (χ3v) is 4.84. The fourth-order valence-corrected chi connectivity index (χ4v) is 3.19.